The Morgan fingerprint density at radius 1 is 0.917 bits per heavy atom. The van der Waals surface area contributed by atoms with Gasteiger partial charge in [0.05, 0.1) is 25.5 Å². The van der Waals surface area contributed by atoms with E-state index in [1.165, 1.54) is 32.1 Å². The monoisotopic (exact) mass is 506 g/mol. The predicted octanol–water partition coefficient (Wildman–Crippen LogP) is 5.27. The van der Waals surface area contributed by atoms with Crippen LogP contribution in [0.2, 0.25) is 0 Å². The summed E-state index contributed by atoms with van der Waals surface area (Å²) in [4.78, 5) is 35.2. The number of benzene rings is 3. The van der Waals surface area contributed by atoms with Gasteiger partial charge < -0.3 is 19.3 Å². The van der Waals surface area contributed by atoms with Gasteiger partial charge in [-0.05, 0) is 54.1 Å². The van der Waals surface area contributed by atoms with Crippen LogP contribution in [0.4, 0.5) is 0 Å². The zero-order valence-electron chi connectivity index (χ0n) is 19.9. The summed E-state index contributed by atoms with van der Waals surface area (Å²) >= 11 is 1.24. The molecule has 0 saturated carbocycles. The number of carbonyl (C=O) groups is 3. The molecule has 0 unspecified atom stereocenters. The lowest BCUT2D eigenvalue weighted by Crippen LogP contribution is -2.02. The molecule has 0 amide bonds. The molecular weight excluding hydrogens is 480 g/mol. The Kier molecular flexibility index (Phi) is 9.71. The van der Waals surface area contributed by atoms with Crippen molar-refractivity contribution >= 4 is 35.6 Å². The highest BCUT2D eigenvalue weighted by Crippen LogP contribution is 2.26. The lowest BCUT2D eigenvalue weighted by atomic mass is 10.1. The van der Waals surface area contributed by atoms with E-state index in [2.05, 4.69) is 0 Å². The van der Waals surface area contributed by atoms with Gasteiger partial charge in [-0.3, -0.25) is 9.59 Å². The van der Waals surface area contributed by atoms with E-state index >= 15 is 0 Å². The summed E-state index contributed by atoms with van der Waals surface area (Å²) in [6, 6.07) is 19.4. The zero-order chi connectivity index (χ0) is 25.9. The molecule has 0 aliphatic rings. The second-order valence-electron chi connectivity index (χ2n) is 7.63. The SMILES string of the molecule is COC(=O)c1ccc(COc2ccccc2/C=C\C(=O)c2ccc(OC)c(CSCC(=O)O)c2)cc1. The van der Waals surface area contributed by atoms with Crippen LogP contribution in [0.5, 0.6) is 11.5 Å². The van der Waals surface area contributed by atoms with Crippen molar-refractivity contribution in [1.82, 2.24) is 0 Å². The number of hydrogen-bond donors (Lipinski definition) is 1. The third kappa shape index (κ3) is 7.48. The van der Waals surface area contributed by atoms with Crippen molar-refractivity contribution in [3.05, 3.63) is 101 Å². The van der Waals surface area contributed by atoms with E-state index < -0.39 is 11.9 Å². The molecule has 0 fully saturated rings. The fraction of sp³-hybridized carbons (Fsp3) is 0.179. The maximum Gasteiger partial charge on any atom is 0.337 e. The van der Waals surface area contributed by atoms with E-state index in [0.717, 1.165) is 16.7 Å². The molecule has 0 aliphatic heterocycles. The standard InChI is InChI=1S/C28H26O7S/c1-33-25-14-12-22(15-23(25)17-36-18-27(30)31)24(29)13-11-20-5-3-4-6-26(20)35-16-19-7-9-21(10-8-19)28(32)34-2/h3-15H,16-18H2,1-2H3,(H,30,31)/b13-11-. The van der Waals surface area contributed by atoms with Crippen LogP contribution < -0.4 is 9.47 Å². The van der Waals surface area contributed by atoms with E-state index in [-0.39, 0.29) is 18.1 Å². The Balaban J connectivity index is 1.69. The van der Waals surface area contributed by atoms with Gasteiger partial charge in [0.25, 0.3) is 0 Å². The lowest BCUT2D eigenvalue weighted by Gasteiger charge is -2.10. The third-order valence-electron chi connectivity index (χ3n) is 5.15. The predicted molar refractivity (Wildman–Crippen MR) is 139 cm³/mol. The molecule has 0 bridgehead atoms. The van der Waals surface area contributed by atoms with Crippen LogP contribution in [0.25, 0.3) is 6.08 Å². The lowest BCUT2D eigenvalue weighted by molar-refractivity contribution is -0.133. The number of allylic oxidation sites excluding steroid dienone is 1. The molecule has 0 heterocycles. The van der Waals surface area contributed by atoms with Gasteiger partial charge in [0.2, 0.25) is 0 Å². The molecule has 0 aromatic heterocycles. The Morgan fingerprint density at radius 3 is 2.33 bits per heavy atom. The summed E-state index contributed by atoms with van der Waals surface area (Å²) in [5, 5.41) is 8.86. The summed E-state index contributed by atoms with van der Waals surface area (Å²) in [5.74, 6) is 0.102. The van der Waals surface area contributed by atoms with Crippen molar-refractivity contribution < 1.29 is 33.7 Å². The van der Waals surface area contributed by atoms with E-state index in [9.17, 15) is 14.4 Å². The molecule has 0 radical (unpaired) electrons. The van der Waals surface area contributed by atoms with Gasteiger partial charge in [-0.25, -0.2) is 4.79 Å². The van der Waals surface area contributed by atoms with E-state index in [1.807, 2.05) is 24.3 Å². The topological polar surface area (TPSA) is 99.1 Å². The average molecular weight is 507 g/mol. The fourth-order valence-electron chi connectivity index (χ4n) is 3.32. The first-order valence-electron chi connectivity index (χ1n) is 11.0. The number of ketones is 1. The highest BCUT2D eigenvalue weighted by Gasteiger charge is 2.11. The molecule has 36 heavy (non-hydrogen) atoms. The van der Waals surface area contributed by atoms with Crippen LogP contribution in [0.15, 0.2) is 72.8 Å². The molecule has 0 atom stereocenters. The first-order chi connectivity index (χ1) is 17.4. The average Bonchev–Trinajstić information content (AvgIpc) is 2.90. The number of hydrogen-bond acceptors (Lipinski definition) is 7. The number of aliphatic carboxylic acids is 1. The van der Waals surface area contributed by atoms with Crippen LogP contribution in [0.3, 0.4) is 0 Å². The number of ether oxygens (including phenoxy) is 3. The third-order valence-corrected chi connectivity index (χ3v) is 6.12. The summed E-state index contributed by atoms with van der Waals surface area (Å²) in [5.41, 5.74) is 3.31. The summed E-state index contributed by atoms with van der Waals surface area (Å²) in [6.45, 7) is 0.288. The highest BCUT2D eigenvalue weighted by atomic mass is 32.2. The summed E-state index contributed by atoms with van der Waals surface area (Å²) in [7, 11) is 2.87. The van der Waals surface area contributed by atoms with Crippen LogP contribution >= 0.6 is 11.8 Å². The number of esters is 1. The van der Waals surface area contributed by atoms with Gasteiger partial charge in [0.1, 0.15) is 18.1 Å². The molecule has 7 nitrogen and oxygen atoms in total. The molecule has 8 heteroatoms. The largest absolute Gasteiger partial charge is 0.496 e. The number of para-hydroxylation sites is 1. The molecular formula is C28H26O7S. The number of carboxylic acid groups (broad SMARTS) is 1. The summed E-state index contributed by atoms with van der Waals surface area (Å²) < 4.78 is 16.0. The molecule has 1 N–H and O–H groups in total. The molecule has 3 aromatic carbocycles. The molecule has 186 valence electrons. The van der Waals surface area contributed by atoms with E-state index in [0.29, 0.717) is 28.4 Å². The van der Waals surface area contributed by atoms with Crippen molar-refractivity contribution in [3.63, 3.8) is 0 Å². The fourth-order valence-corrected chi connectivity index (χ4v) is 4.04. The molecule has 0 spiro atoms. The highest BCUT2D eigenvalue weighted by molar-refractivity contribution is 7.99. The second-order valence-corrected chi connectivity index (χ2v) is 8.61. The molecule has 0 saturated heterocycles. The Morgan fingerprint density at radius 2 is 1.64 bits per heavy atom. The van der Waals surface area contributed by atoms with Crippen molar-refractivity contribution in [3.8, 4) is 11.5 Å². The van der Waals surface area contributed by atoms with Crippen molar-refractivity contribution in [2.45, 2.75) is 12.4 Å². The van der Waals surface area contributed by atoms with Gasteiger partial charge in [0, 0.05) is 22.4 Å². The van der Waals surface area contributed by atoms with E-state index in [1.54, 1.807) is 48.5 Å². The van der Waals surface area contributed by atoms with Gasteiger partial charge in [-0.2, -0.15) is 0 Å². The van der Waals surface area contributed by atoms with Crippen molar-refractivity contribution in [1.29, 1.82) is 0 Å². The quantitative estimate of drug-likeness (QED) is 0.201. The number of carboxylic acids is 1. The van der Waals surface area contributed by atoms with E-state index in [4.69, 9.17) is 19.3 Å². The maximum absolute atomic E-state index is 12.8. The Hall–Kier alpha value is -4.04. The smallest absolute Gasteiger partial charge is 0.337 e. The van der Waals surface area contributed by atoms with Crippen molar-refractivity contribution in [2.75, 3.05) is 20.0 Å². The Bertz CT molecular complexity index is 1250. The zero-order valence-corrected chi connectivity index (χ0v) is 20.7. The maximum atomic E-state index is 12.8. The Labute approximate surface area is 213 Å². The van der Waals surface area contributed by atoms with Crippen LogP contribution in [-0.4, -0.2) is 42.8 Å². The minimum absolute atomic E-state index is 0.0343. The molecule has 0 aliphatic carbocycles. The number of thioether (sulfide) groups is 1. The first-order valence-corrected chi connectivity index (χ1v) is 12.1. The van der Waals surface area contributed by atoms with Gasteiger partial charge in [-0.1, -0.05) is 30.3 Å². The van der Waals surface area contributed by atoms with Gasteiger partial charge in [0.15, 0.2) is 5.78 Å². The number of rotatable bonds is 12. The van der Waals surface area contributed by atoms with Gasteiger partial charge >= 0.3 is 11.9 Å². The second kappa shape index (κ2) is 13.2. The first kappa shape index (κ1) is 26.6. The van der Waals surface area contributed by atoms with Crippen LogP contribution in [0, 0.1) is 0 Å². The minimum atomic E-state index is -0.895. The minimum Gasteiger partial charge on any atom is -0.496 e. The number of carbonyl (C=O) groups excluding carboxylic acids is 2. The molecule has 3 aromatic rings. The normalized spacial score (nSPS) is 10.7. The van der Waals surface area contributed by atoms with Crippen molar-refractivity contribution in [2.24, 2.45) is 0 Å². The van der Waals surface area contributed by atoms with Crippen LogP contribution in [-0.2, 0) is 21.9 Å². The summed E-state index contributed by atoms with van der Waals surface area (Å²) in [6.07, 6.45) is 3.17. The van der Waals surface area contributed by atoms with Crippen LogP contribution in [0.1, 0.15) is 37.4 Å². The molecule has 3 rings (SSSR count). The number of methoxy groups -OCH3 is 2. The van der Waals surface area contributed by atoms with Gasteiger partial charge in [-0.15, -0.1) is 11.8 Å².